The van der Waals surface area contributed by atoms with Crippen molar-refractivity contribution in [2.24, 2.45) is 5.41 Å². The molecule has 0 aromatic rings. The molecule has 490 valence electrons. The van der Waals surface area contributed by atoms with E-state index < -0.39 is 124 Å². The monoisotopic (exact) mass is 1220 g/mol. The summed E-state index contributed by atoms with van der Waals surface area (Å²) < 4.78 is 82.4. The number of ether oxygens (including phenoxy) is 15. The molecule has 33 heteroatoms. The fraction of sp³-hybridized carbons (Fsp3) is 0.960. The molecular weight excluding hydrogens is 1120 g/mol. The zero-order valence-electron chi connectivity index (χ0n) is 47.2. The minimum Gasteiger partial charge on any atom is -0.394 e. The van der Waals surface area contributed by atoms with Gasteiger partial charge in [0.1, 0.15) is 79.5 Å². The van der Waals surface area contributed by atoms with E-state index in [2.05, 4.69) is 16.0 Å². The van der Waals surface area contributed by atoms with Crippen LogP contribution in [0.4, 0.5) is 0 Å². The van der Waals surface area contributed by atoms with Crippen LogP contribution in [-0.2, 0) is 80.6 Å². The van der Waals surface area contributed by atoms with Crippen LogP contribution in [0.1, 0.15) is 26.2 Å². The topological polar surface area (TPSA) is 472 Å². The van der Waals surface area contributed by atoms with Crippen molar-refractivity contribution in [2.45, 2.75) is 125 Å². The van der Waals surface area contributed by atoms with Crippen LogP contribution in [0.15, 0.2) is 0 Å². The first kappa shape index (κ1) is 75.0. The van der Waals surface area contributed by atoms with Crippen molar-refractivity contribution in [3.8, 4) is 0 Å². The fourth-order valence-corrected chi connectivity index (χ4v) is 7.96. The molecule has 10 unspecified atom stereocenters. The number of aliphatic hydroxyl groups is 13. The molecular formula is C50H95N3O30. The number of nitrogens with one attached hydrogen (secondary N) is 3. The van der Waals surface area contributed by atoms with Crippen molar-refractivity contribution in [1.82, 2.24) is 16.0 Å². The molecule has 3 aliphatic heterocycles. The largest absolute Gasteiger partial charge is 0.394 e. The second-order valence-electron chi connectivity index (χ2n) is 19.8. The van der Waals surface area contributed by atoms with E-state index in [1.54, 1.807) is 0 Å². The number of hydrogen-bond acceptors (Lipinski definition) is 31. The van der Waals surface area contributed by atoms with E-state index in [1.807, 2.05) is 6.92 Å². The van der Waals surface area contributed by atoms with Crippen LogP contribution >= 0.6 is 0 Å². The van der Waals surface area contributed by atoms with E-state index in [-0.39, 0.29) is 183 Å². The van der Waals surface area contributed by atoms with Crippen LogP contribution in [0, 0.1) is 5.41 Å². The lowest BCUT2D eigenvalue weighted by molar-refractivity contribution is -0.302. The Morgan fingerprint density at radius 3 is 1.04 bits per heavy atom. The molecule has 3 aliphatic rings. The van der Waals surface area contributed by atoms with Crippen molar-refractivity contribution < 1.29 is 147 Å². The van der Waals surface area contributed by atoms with Crippen molar-refractivity contribution in [3.63, 3.8) is 0 Å². The van der Waals surface area contributed by atoms with Gasteiger partial charge in [0, 0.05) is 44.3 Å². The first-order chi connectivity index (χ1) is 40.0. The fourth-order valence-electron chi connectivity index (χ4n) is 7.96. The van der Waals surface area contributed by atoms with E-state index in [0.29, 0.717) is 6.54 Å². The number of carbonyl (C=O) groups is 2. The SMILES string of the molecule is CC(COCCC(=O)NCCOCCOCCO[C@H]1OC(CO)[C@@H](O)C(O)C1O)(COCCC(=O)NCCOCCOCCO[C@H]1OC(CO)[C@@H](O)C(O)C1O)COCCC(O)NCCOCCOCCO[C@H]1OC(CO)[C@@H](O)C(O)C1O. The molecule has 3 rings (SSSR count). The highest BCUT2D eigenvalue weighted by atomic mass is 16.7. The van der Waals surface area contributed by atoms with Crippen molar-refractivity contribution >= 4 is 11.8 Å². The molecule has 0 aliphatic carbocycles. The molecule has 0 saturated carbocycles. The van der Waals surface area contributed by atoms with Gasteiger partial charge in [0.05, 0.1) is 159 Å². The summed E-state index contributed by atoms with van der Waals surface area (Å²) in [6.45, 7) is 3.91. The number of carbonyl (C=O) groups excluding carboxylic acids is 2. The van der Waals surface area contributed by atoms with E-state index in [9.17, 15) is 76.0 Å². The zero-order valence-corrected chi connectivity index (χ0v) is 47.2. The van der Waals surface area contributed by atoms with Crippen LogP contribution in [0.2, 0.25) is 0 Å². The molecule has 3 fully saturated rings. The maximum Gasteiger partial charge on any atom is 0.222 e. The van der Waals surface area contributed by atoms with Crippen molar-refractivity contribution in [2.75, 3.05) is 178 Å². The zero-order chi connectivity index (χ0) is 60.8. The highest BCUT2D eigenvalue weighted by molar-refractivity contribution is 5.76. The Kier molecular flexibility index (Phi) is 40.0. The third kappa shape index (κ3) is 30.0. The predicted octanol–water partition coefficient (Wildman–Crippen LogP) is -9.10. The second-order valence-corrected chi connectivity index (χ2v) is 19.8. The minimum absolute atomic E-state index is 0.000796. The van der Waals surface area contributed by atoms with Gasteiger partial charge in [-0.1, -0.05) is 6.92 Å². The lowest BCUT2D eigenvalue weighted by Gasteiger charge is -2.39. The summed E-state index contributed by atoms with van der Waals surface area (Å²) in [7, 11) is 0. The predicted molar refractivity (Wildman–Crippen MR) is 279 cm³/mol. The summed E-state index contributed by atoms with van der Waals surface area (Å²) in [4.78, 5) is 25.0. The van der Waals surface area contributed by atoms with Gasteiger partial charge in [0.15, 0.2) is 18.9 Å². The summed E-state index contributed by atoms with van der Waals surface area (Å²) >= 11 is 0. The summed E-state index contributed by atoms with van der Waals surface area (Å²) in [5.41, 5.74) is -0.725. The summed E-state index contributed by atoms with van der Waals surface area (Å²) in [5, 5.41) is 136. The Hall–Kier alpha value is -2.22. The Bertz CT molecular complexity index is 1560. The molecule has 3 heterocycles. The third-order valence-electron chi connectivity index (χ3n) is 12.8. The van der Waals surface area contributed by atoms with Gasteiger partial charge in [-0.05, 0) is 0 Å². The maximum atomic E-state index is 12.5. The standard InChI is InChI=1S/C50H95N3O30/c1-50(29-75-8-2-35(57)51-5-11-69-14-17-72-20-23-78-47-44(66)41(63)38(60)32(26-54)81-47,30-76-9-3-36(58)52-6-12-70-15-18-73-21-24-79-48-45(67)42(64)39(61)33(27-55)82-48)31-77-10-4-37(59)53-7-13-71-16-19-74-22-25-80-49-46(68)43(65)40(62)34(28-56)83-49/h32-35,38-49,51,54-57,60-68H,2-31H2,1H3,(H,52,58)(H,53,59)/t32?,33?,34?,35?,38-,39-,40-,41?,42?,43?,44?,45?,46?,47+,48+,49+,50?/m1/s1. The lowest BCUT2D eigenvalue weighted by Crippen LogP contribution is -2.59. The van der Waals surface area contributed by atoms with Gasteiger partial charge in [-0.25, -0.2) is 0 Å². The van der Waals surface area contributed by atoms with Crippen molar-refractivity contribution in [1.29, 1.82) is 0 Å². The highest BCUT2D eigenvalue weighted by Gasteiger charge is 2.46. The minimum atomic E-state index is -1.55. The molecule has 0 aromatic carbocycles. The van der Waals surface area contributed by atoms with Gasteiger partial charge in [-0.15, -0.1) is 0 Å². The summed E-state index contributed by atoms with van der Waals surface area (Å²) in [6, 6.07) is 0. The van der Waals surface area contributed by atoms with E-state index in [1.165, 1.54) is 0 Å². The Labute approximate surface area is 482 Å². The van der Waals surface area contributed by atoms with Gasteiger partial charge >= 0.3 is 0 Å². The van der Waals surface area contributed by atoms with E-state index in [0.717, 1.165) is 0 Å². The first-order valence-electron chi connectivity index (χ1n) is 27.9. The van der Waals surface area contributed by atoms with Crippen molar-refractivity contribution in [3.05, 3.63) is 0 Å². The first-order valence-corrected chi connectivity index (χ1v) is 27.9. The number of amides is 2. The Morgan fingerprint density at radius 1 is 0.398 bits per heavy atom. The molecule has 33 nitrogen and oxygen atoms in total. The Morgan fingerprint density at radius 2 is 0.699 bits per heavy atom. The van der Waals surface area contributed by atoms with E-state index in [4.69, 9.17) is 71.1 Å². The van der Waals surface area contributed by atoms with E-state index >= 15 is 0 Å². The molecule has 2 amide bonds. The molecule has 83 heavy (non-hydrogen) atoms. The number of hydrogen-bond donors (Lipinski definition) is 16. The maximum absolute atomic E-state index is 12.5. The average molecular weight is 1220 g/mol. The number of rotatable bonds is 49. The van der Waals surface area contributed by atoms with Crippen LogP contribution in [0.3, 0.4) is 0 Å². The molecule has 0 bridgehead atoms. The normalized spacial score (nSPS) is 29.6. The molecule has 0 aromatic heterocycles. The van der Waals surface area contributed by atoms with Gasteiger partial charge in [0.2, 0.25) is 11.8 Å². The van der Waals surface area contributed by atoms with Gasteiger partial charge in [0.25, 0.3) is 0 Å². The quantitative estimate of drug-likeness (QED) is 0.0199. The molecule has 3 saturated heterocycles. The van der Waals surface area contributed by atoms with Crippen LogP contribution < -0.4 is 16.0 Å². The summed E-state index contributed by atoms with van der Waals surface area (Å²) in [5.74, 6) is -0.545. The smallest absolute Gasteiger partial charge is 0.222 e. The Balaban J connectivity index is 1.26. The van der Waals surface area contributed by atoms with Gasteiger partial charge in [-0.3, -0.25) is 14.9 Å². The van der Waals surface area contributed by atoms with Crippen LogP contribution in [0.5, 0.6) is 0 Å². The van der Waals surface area contributed by atoms with Gasteiger partial charge < -0.3 is 148 Å². The highest BCUT2D eigenvalue weighted by Crippen LogP contribution is 2.25. The second kappa shape index (κ2) is 44.3. The number of aliphatic hydroxyl groups excluding tert-OH is 13. The van der Waals surface area contributed by atoms with Crippen LogP contribution in [-0.4, -0.2) is 355 Å². The molecule has 16 N–H and O–H groups in total. The summed E-state index contributed by atoms with van der Waals surface area (Å²) in [6.07, 6.45) is -21.2. The third-order valence-corrected chi connectivity index (χ3v) is 12.8. The lowest BCUT2D eigenvalue weighted by atomic mass is 9.94. The molecule has 16 atom stereocenters. The molecule has 0 radical (unpaired) electrons. The van der Waals surface area contributed by atoms with Gasteiger partial charge in [-0.2, -0.15) is 0 Å². The average Bonchev–Trinajstić information content (AvgIpc) is 3.66. The molecule has 0 spiro atoms. The van der Waals surface area contributed by atoms with Crippen LogP contribution in [0.25, 0.3) is 0 Å².